The highest BCUT2D eigenvalue weighted by atomic mass is 16.6. The molecule has 5 heteroatoms. The van der Waals surface area contributed by atoms with Crippen molar-refractivity contribution in [3.05, 3.63) is 47.8 Å². The van der Waals surface area contributed by atoms with Gasteiger partial charge in [0.15, 0.2) is 5.70 Å². The van der Waals surface area contributed by atoms with E-state index in [4.69, 9.17) is 9.47 Å². The number of rotatable bonds is 4. The van der Waals surface area contributed by atoms with E-state index in [0.717, 1.165) is 11.3 Å². The molecule has 1 aliphatic heterocycles. The Balaban J connectivity index is 2.18. The predicted molar refractivity (Wildman–Crippen MR) is 77.3 cm³/mol. The number of esters is 1. The second-order valence-electron chi connectivity index (χ2n) is 4.39. The third-order valence-corrected chi connectivity index (χ3v) is 2.56. The van der Waals surface area contributed by atoms with Gasteiger partial charge in [-0.05, 0) is 12.1 Å². The molecule has 0 aromatic heterocycles. The summed E-state index contributed by atoms with van der Waals surface area (Å²) >= 11 is 0. The topological polar surface area (TPSA) is 51.1 Å². The number of ether oxygens (including phenoxy) is 2. The summed E-state index contributed by atoms with van der Waals surface area (Å²) in [7, 11) is 5.24. The standard InChI is InChI=1S/C15H16N2O3/c1-17(2)10-12-15(18)20-14(16-12)9-8-11-6-4-5-7-13(11)19-3/h4-10H,1-3H3/b9-8+,12-10-. The van der Waals surface area contributed by atoms with Crippen molar-refractivity contribution in [2.24, 2.45) is 4.99 Å². The van der Waals surface area contributed by atoms with Crippen LogP contribution in [-0.4, -0.2) is 38.0 Å². The third-order valence-electron chi connectivity index (χ3n) is 2.56. The molecule has 0 saturated carbocycles. The number of nitrogens with zero attached hydrogens (tertiary/aromatic N) is 2. The summed E-state index contributed by atoms with van der Waals surface area (Å²) < 4.78 is 10.3. The summed E-state index contributed by atoms with van der Waals surface area (Å²) in [6.45, 7) is 0. The van der Waals surface area contributed by atoms with Gasteiger partial charge in [0.25, 0.3) is 0 Å². The number of hydrogen-bond donors (Lipinski definition) is 0. The zero-order valence-electron chi connectivity index (χ0n) is 11.7. The van der Waals surface area contributed by atoms with Crippen LogP contribution in [0.2, 0.25) is 0 Å². The highest BCUT2D eigenvalue weighted by molar-refractivity contribution is 6.09. The fourth-order valence-electron chi connectivity index (χ4n) is 1.70. The highest BCUT2D eigenvalue weighted by Crippen LogP contribution is 2.19. The molecule has 1 heterocycles. The molecule has 0 amide bonds. The molecule has 0 radical (unpaired) electrons. The average Bonchev–Trinajstić information content (AvgIpc) is 2.76. The Labute approximate surface area is 117 Å². The molecule has 1 aromatic carbocycles. The molecule has 5 nitrogen and oxygen atoms in total. The molecule has 0 atom stereocenters. The Morgan fingerprint density at radius 3 is 2.70 bits per heavy atom. The van der Waals surface area contributed by atoms with E-state index in [2.05, 4.69) is 4.99 Å². The van der Waals surface area contributed by atoms with E-state index < -0.39 is 5.97 Å². The van der Waals surface area contributed by atoms with Gasteiger partial charge in [0.1, 0.15) is 5.75 Å². The first-order chi connectivity index (χ1) is 9.60. The molecule has 2 rings (SSSR count). The largest absolute Gasteiger partial charge is 0.496 e. The minimum atomic E-state index is -0.446. The maximum Gasteiger partial charge on any atom is 0.365 e. The molecule has 0 bridgehead atoms. The SMILES string of the molecule is COc1ccccc1/C=C/C1=NC(=C\N(C)C)/C(=O)O1. The molecule has 20 heavy (non-hydrogen) atoms. The molecule has 0 aliphatic carbocycles. The maximum absolute atomic E-state index is 11.6. The van der Waals surface area contributed by atoms with Gasteiger partial charge in [-0.3, -0.25) is 0 Å². The van der Waals surface area contributed by atoms with Gasteiger partial charge < -0.3 is 14.4 Å². The molecule has 0 saturated heterocycles. The lowest BCUT2D eigenvalue weighted by molar-refractivity contribution is -0.130. The fraction of sp³-hybridized carbons (Fsp3) is 0.200. The van der Waals surface area contributed by atoms with Crippen LogP contribution in [-0.2, 0) is 9.53 Å². The van der Waals surface area contributed by atoms with Crippen LogP contribution < -0.4 is 4.74 Å². The van der Waals surface area contributed by atoms with E-state index in [-0.39, 0.29) is 11.6 Å². The smallest absolute Gasteiger partial charge is 0.365 e. The van der Waals surface area contributed by atoms with Crippen molar-refractivity contribution in [2.45, 2.75) is 0 Å². The van der Waals surface area contributed by atoms with Crippen LogP contribution in [0.25, 0.3) is 6.08 Å². The van der Waals surface area contributed by atoms with Crippen molar-refractivity contribution in [1.29, 1.82) is 0 Å². The van der Waals surface area contributed by atoms with Gasteiger partial charge >= 0.3 is 5.97 Å². The van der Waals surface area contributed by atoms with Gasteiger partial charge in [-0.1, -0.05) is 18.2 Å². The van der Waals surface area contributed by atoms with Crippen LogP contribution in [0.3, 0.4) is 0 Å². The van der Waals surface area contributed by atoms with Gasteiger partial charge in [-0.15, -0.1) is 0 Å². The molecule has 0 fully saturated rings. The van der Waals surface area contributed by atoms with Gasteiger partial charge in [0.05, 0.1) is 7.11 Å². The number of carbonyl (C=O) groups excluding carboxylic acids is 1. The van der Waals surface area contributed by atoms with Gasteiger partial charge in [-0.2, -0.15) is 0 Å². The summed E-state index contributed by atoms with van der Waals surface area (Å²) in [6, 6.07) is 7.56. The summed E-state index contributed by atoms with van der Waals surface area (Å²) in [5.41, 5.74) is 1.17. The Hall–Kier alpha value is -2.56. The van der Waals surface area contributed by atoms with Crippen molar-refractivity contribution < 1.29 is 14.3 Å². The normalized spacial score (nSPS) is 16.4. The van der Waals surface area contributed by atoms with Crippen LogP contribution in [0, 0.1) is 0 Å². The van der Waals surface area contributed by atoms with Crippen LogP contribution in [0.5, 0.6) is 5.75 Å². The Morgan fingerprint density at radius 1 is 1.25 bits per heavy atom. The second kappa shape index (κ2) is 6.06. The molecular weight excluding hydrogens is 256 g/mol. The zero-order valence-corrected chi connectivity index (χ0v) is 11.7. The number of methoxy groups -OCH3 is 1. The molecule has 1 aromatic rings. The minimum absolute atomic E-state index is 0.272. The van der Waals surface area contributed by atoms with E-state index in [9.17, 15) is 4.79 Å². The lowest BCUT2D eigenvalue weighted by Crippen LogP contribution is -2.06. The number of carbonyl (C=O) groups is 1. The average molecular weight is 272 g/mol. The first-order valence-electron chi connectivity index (χ1n) is 6.10. The van der Waals surface area contributed by atoms with Crippen LogP contribution in [0.15, 0.2) is 47.2 Å². The third kappa shape index (κ3) is 3.26. The van der Waals surface area contributed by atoms with Gasteiger partial charge in [0, 0.05) is 31.9 Å². The maximum atomic E-state index is 11.6. The Morgan fingerprint density at radius 2 is 2.00 bits per heavy atom. The fourth-order valence-corrected chi connectivity index (χ4v) is 1.70. The summed E-state index contributed by atoms with van der Waals surface area (Å²) in [6.07, 6.45) is 5.06. The van der Waals surface area contributed by atoms with Crippen molar-refractivity contribution in [2.75, 3.05) is 21.2 Å². The Bertz CT molecular complexity index is 601. The number of benzene rings is 1. The second-order valence-corrected chi connectivity index (χ2v) is 4.39. The van der Waals surface area contributed by atoms with Crippen molar-refractivity contribution >= 4 is 17.9 Å². The molecule has 0 spiro atoms. The van der Waals surface area contributed by atoms with Crippen molar-refractivity contribution in [3.63, 3.8) is 0 Å². The number of hydrogen-bond acceptors (Lipinski definition) is 5. The van der Waals surface area contributed by atoms with Crippen LogP contribution in [0.1, 0.15) is 5.56 Å². The quantitative estimate of drug-likeness (QED) is 0.622. The Kier molecular flexibility index (Phi) is 4.20. The minimum Gasteiger partial charge on any atom is -0.496 e. The van der Waals surface area contributed by atoms with E-state index in [0.29, 0.717) is 0 Å². The van der Waals surface area contributed by atoms with E-state index in [1.807, 2.05) is 38.4 Å². The number of para-hydroxylation sites is 1. The van der Waals surface area contributed by atoms with Crippen molar-refractivity contribution in [3.8, 4) is 5.75 Å². The molecule has 1 aliphatic rings. The van der Waals surface area contributed by atoms with Crippen molar-refractivity contribution in [1.82, 2.24) is 4.90 Å². The number of cyclic esters (lactones) is 1. The molecule has 0 unspecified atom stereocenters. The summed E-state index contributed by atoms with van der Waals surface area (Å²) in [5.74, 6) is 0.574. The first-order valence-corrected chi connectivity index (χ1v) is 6.10. The zero-order chi connectivity index (χ0) is 14.5. The molecular formula is C15H16N2O3. The first kappa shape index (κ1) is 13.9. The monoisotopic (exact) mass is 272 g/mol. The van der Waals surface area contributed by atoms with E-state index in [1.54, 1.807) is 30.4 Å². The van der Waals surface area contributed by atoms with Crippen LogP contribution in [0.4, 0.5) is 0 Å². The molecule has 104 valence electrons. The van der Waals surface area contributed by atoms with Gasteiger partial charge in [0.2, 0.25) is 5.90 Å². The highest BCUT2D eigenvalue weighted by Gasteiger charge is 2.21. The lowest BCUT2D eigenvalue weighted by Gasteiger charge is -2.02. The van der Waals surface area contributed by atoms with E-state index >= 15 is 0 Å². The van der Waals surface area contributed by atoms with Crippen LogP contribution >= 0.6 is 0 Å². The number of aliphatic imine (C=N–C) groups is 1. The van der Waals surface area contributed by atoms with Gasteiger partial charge in [-0.25, -0.2) is 9.79 Å². The summed E-state index contributed by atoms with van der Waals surface area (Å²) in [5, 5.41) is 0. The molecule has 0 N–H and O–H groups in total. The lowest BCUT2D eigenvalue weighted by atomic mass is 10.2. The van der Waals surface area contributed by atoms with E-state index in [1.165, 1.54) is 0 Å². The predicted octanol–water partition coefficient (Wildman–Crippen LogP) is 2.07. The summed E-state index contributed by atoms with van der Waals surface area (Å²) in [4.78, 5) is 17.4.